The Labute approximate surface area is 112 Å². The van der Waals surface area contributed by atoms with Gasteiger partial charge in [0.15, 0.2) is 0 Å². The molecule has 0 radical (unpaired) electrons. The Morgan fingerprint density at radius 3 is 2.39 bits per heavy atom. The van der Waals surface area contributed by atoms with Crippen LogP contribution in [0.15, 0.2) is 0 Å². The predicted molar refractivity (Wildman–Crippen MR) is 75.7 cm³/mol. The third-order valence-electron chi connectivity index (χ3n) is 3.92. The Balaban J connectivity index is 2.06. The number of carbonyl (C=O) groups is 1. The molecule has 1 saturated heterocycles. The molecular formula is C14H29N3O. The van der Waals surface area contributed by atoms with E-state index in [4.69, 9.17) is 0 Å². The van der Waals surface area contributed by atoms with Crippen molar-refractivity contribution in [3.8, 4) is 0 Å². The minimum atomic E-state index is 0.218. The summed E-state index contributed by atoms with van der Waals surface area (Å²) in [6, 6.07) is 0.609. The smallest absolute Gasteiger partial charge is 0.219 e. The van der Waals surface area contributed by atoms with Gasteiger partial charge in [-0.3, -0.25) is 4.79 Å². The van der Waals surface area contributed by atoms with Gasteiger partial charge in [-0.15, -0.1) is 0 Å². The fourth-order valence-corrected chi connectivity index (χ4v) is 2.55. The normalized spacial score (nSPS) is 17.4. The van der Waals surface area contributed by atoms with Crippen molar-refractivity contribution in [2.45, 2.75) is 46.1 Å². The van der Waals surface area contributed by atoms with Crippen molar-refractivity contribution in [3.63, 3.8) is 0 Å². The van der Waals surface area contributed by atoms with Crippen LogP contribution in [0.3, 0.4) is 0 Å². The summed E-state index contributed by atoms with van der Waals surface area (Å²) in [6.45, 7) is 12.5. The van der Waals surface area contributed by atoms with Gasteiger partial charge in [0.2, 0.25) is 5.91 Å². The minimum absolute atomic E-state index is 0.218. The van der Waals surface area contributed by atoms with Gasteiger partial charge < -0.3 is 15.1 Å². The molecule has 1 aliphatic heterocycles. The van der Waals surface area contributed by atoms with Crippen molar-refractivity contribution in [1.82, 2.24) is 15.1 Å². The molecule has 0 unspecified atom stereocenters. The zero-order valence-corrected chi connectivity index (χ0v) is 12.2. The Hall–Kier alpha value is -0.610. The Morgan fingerprint density at radius 2 is 1.89 bits per heavy atom. The summed E-state index contributed by atoms with van der Waals surface area (Å²) in [4.78, 5) is 15.6. The molecule has 1 rings (SSSR count). The van der Waals surface area contributed by atoms with E-state index in [-0.39, 0.29) is 5.91 Å². The first-order valence-corrected chi connectivity index (χ1v) is 7.38. The summed E-state index contributed by atoms with van der Waals surface area (Å²) >= 11 is 0. The highest BCUT2D eigenvalue weighted by atomic mass is 16.2. The van der Waals surface area contributed by atoms with Crippen molar-refractivity contribution in [2.75, 3.05) is 39.3 Å². The Kier molecular flexibility index (Phi) is 7.28. The molecule has 1 aliphatic rings. The van der Waals surface area contributed by atoms with Crippen LogP contribution in [0.1, 0.15) is 40.0 Å². The maximum Gasteiger partial charge on any atom is 0.219 e. The van der Waals surface area contributed by atoms with E-state index >= 15 is 0 Å². The quantitative estimate of drug-likeness (QED) is 0.697. The molecule has 0 spiro atoms. The van der Waals surface area contributed by atoms with E-state index in [2.05, 4.69) is 24.1 Å². The molecule has 106 valence electrons. The van der Waals surface area contributed by atoms with Crippen LogP contribution < -0.4 is 5.32 Å². The lowest BCUT2D eigenvalue weighted by Crippen LogP contribution is -2.44. The zero-order chi connectivity index (χ0) is 13.4. The predicted octanol–water partition coefficient (Wildman–Crippen LogP) is 1.32. The topological polar surface area (TPSA) is 35.6 Å². The first kappa shape index (κ1) is 15.4. The summed E-state index contributed by atoms with van der Waals surface area (Å²) < 4.78 is 0. The van der Waals surface area contributed by atoms with Crippen molar-refractivity contribution in [3.05, 3.63) is 0 Å². The lowest BCUT2D eigenvalue weighted by atomic mass is 10.0. The largest absolute Gasteiger partial charge is 0.343 e. The highest BCUT2D eigenvalue weighted by Crippen LogP contribution is 2.10. The monoisotopic (exact) mass is 255 g/mol. The van der Waals surface area contributed by atoms with Crippen molar-refractivity contribution < 1.29 is 4.79 Å². The maximum absolute atomic E-state index is 11.2. The van der Waals surface area contributed by atoms with E-state index in [1.807, 2.05) is 4.90 Å². The molecule has 0 aromatic heterocycles. The first-order chi connectivity index (χ1) is 8.67. The Morgan fingerprint density at radius 1 is 1.28 bits per heavy atom. The molecule has 1 heterocycles. The first-order valence-electron chi connectivity index (χ1n) is 7.38. The average molecular weight is 255 g/mol. The van der Waals surface area contributed by atoms with E-state index in [1.165, 1.54) is 13.0 Å². The number of nitrogens with zero attached hydrogens (tertiary/aromatic N) is 2. The molecule has 0 aromatic rings. The summed E-state index contributed by atoms with van der Waals surface area (Å²) in [5.41, 5.74) is 0. The summed E-state index contributed by atoms with van der Waals surface area (Å²) in [6.07, 6.45) is 3.42. The van der Waals surface area contributed by atoms with Gasteiger partial charge >= 0.3 is 0 Å². The molecule has 4 heteroatoms. The number of nitrogens with one attached hydrogen (secondary N) is 1. The summed E-state index contributed by atoms with van der Waals surface area (Å²) in [5, 5.41) is 3.62. The van der Waals surface area contributed by atoms with Crippen molar-refractivity contribution in [1.29, 1.82) is 0 Å². The fourth-order valence-electron chi connectivity index (χ4n) is 2.55. The average Bonchev–Trinajstić information content (AvgIpc) is 2.39. The van der Waals surface area contributed by atoms with Gasteiger partial charge in [0, 0.05) is 26.1 Å². The van der Waals surface area contributed by atoms with Gasteiger partial charge in [0.05, 0.1) is 0 Å². The number of amides is 1. The van der Waals surface area contributed by atoms with E-state index in [1.54, 1.807) is 6.92 Å². The molecule has 4 nitrogen and oxygen atoms in total. The lowest BCUT2D eigenvalue weighted by molar-refractivity contribution is -0.129. The minimum Gasteiger partial charge on any atom is -0.343 e. The Bertz CT molecular complexity index is 233. The van der Waals surface area contributed by atoms with Gasteiger partial charge in [-0.05, 0) is 45.4 Å². The van der Waals surface area contributed by atoms with Crippen LogP contribution in [0.2, 0.25) is 0 Å². The molecule has 0 bridgehead atoms. The molecule has 1 amide bonds. The number of likely N-dealkylation sites (tertiary alicyclic amines) is 1. The van der Waals surface area contributed by atoms with Crippen LogP contribution in [0.25, 0.3) is 0 Å². The van der Waals surface area contributed by atoms with Crippen molar-refractivity contribution >= 4 is 5.91 Å². The molecule has 18 heavy (non-hydrogen) atoms. The third-order valence-corrected chi connectivity index (χ3v) is 3.92. The highest BCUT2D eigenvalue weighted by molar-refractivity contribution is 5.73. The van der Waals surface area contributed by atoms with Gasteiger partial charge in [-0.2, -0.15) is 0 Å². The number of rotatable bonds is 7. The third kappa shape index (κ3) is 5.36. The second-order valence-electron chi connectivity index (χ2n) is 5.11. The standard InChI is InChI=1S/C14H29N3O/c1-4-16(5-2)10-6-9-15-14-7-11-17(12-8-14)13(3)18/h14-15H,4-12H2,1-3H3. The van der Waals surface area contributed by atoms with Crippen LogP contribution in [-0.2, 0) is 4.79 Å². The molecule has 1 N–H and O–H groups in total. The van der Waals surface area contributed by atoms with E-state index in [0.29, 0.717) is 6.04 Å². The van der Waals surface area contributed by atoms with Gasteiger partial charge in [-0.1, -0.05) is 13.8 Å². The molecule has 0 atom stereocenters. The van der Waals surface area contributed by atoms with E-state index in [0.717, 1.165) is 45.6 Å². The van der Waals surface area contributed by atoms with Crippen LogP contribution in [0.4, 0.5) is 0 Å². The van der Waals surface area contributed by atoms with Crippen molar-refractivity contribution in [2.24, 2.45) is 0 Å². The lowest BCUT2D eigenvalue weighted by Gasteiger charge is -2.32. The number of hydrogen-bond donors (Lipinski definition) is 1. The molecule has 0 aromatic carbocycles. The number of hydrogen-bond acceptors (Lipinski definition) is 3. The van der Waals surface area contributed by atoms with E-state index < -0.39 is 0 Å². The highest BCUT2D eigenvalue weighted by Gasteiger charge is 2.19. The zero-order valence-electron chi connectivity index (χ0n) is 12.2. The number of piperidine rings is 1. The number of carbonyl (C=O) groups excluding carboxylic acids is 1. The van der Waals surface area contributed by atoms with Crippen LogP contribution in [0, 0.1) is 0 Å². The SMILES string of the molecule is CCN(CC)CCCNC1CCN(C(C)=O)CC1. The van der Waals surface area contributed by atoms with Gasteiger partial charge in [0.25, 0.3) is 0 Å². The second kappa shape index (κ2) is 8.48. The molecular weight excluding hydrogens is 226 g/mol. The van der Waals surface area contributed by atoms with Crippen LogP contribution >= 0.6 is 0 Å². The second-order valence-corrected chi connectivity index (χ2v) is 5.11. The maximum atomic E-state index is 11.2. The van der Waals surface area contributed by atoms with Gasteiger partial charge in [-0.25, -0.2) is 0 Å². The van der Waals surface area contributed by atoms with Crippen LogP contribution in [0.5, 0.6) is 0 Å². The van der Waals surface area contributed by atoms with Crippen LogP contribution in [-0.4, -0.2) is 61.0 Å². The summed E-state index contributed by atoms with van der Waals surface area (Å²) in [7, 11) is 0. The summed E-state index contributed by atoms with van der Waals surface area (Å²) in [5.74, 6) is 0.218. The molecule has 0 aliphatic carbocycles. The molecule has 0 saturated carbocycles. The molecule has 1 fully saturated rings. The fraction of sp³-hybridized carbons (Fsp3) is 0.929. The van der Waals surface area contributed by atoms with E-state index in [9.17, 15) is 4.79 Å². The van der Waals surface area contributed by atoms with Gasteiger partial charge in [0.1, 0.15) is 0 Å².